The molecule has 0 unspecified atom stereocenters. The summed E-state index contributed by atoms with van der Waals surface area (Å²) in [6.07, 6.45) is -4.44. The molecule has 0 saturated heterocycles. The Morgan fingerprint density at radius 3 is 2.56 bits per heavy atom. The molecule has 3 rings (SSSR count). The first-order valence-electron chi connectivity index (χ1n) is 7.43. The molecule has 0 N–H and O–H groups in total. The van der Waals surface area contributed by atoms with Crippen LogP contribution in [0.25, 0.3) is 11.3 Å². The molecule has 0 spiro atoms. The van der Waals surface area contributed by atoms with Crippen molar-refractivity contribution in [3.63, 3.8) is 0 Å². The number of hydrogen-bond donors (Lipinski definition) is 0. The minimum Gasteiger partial charge on any atom is -0.361 e. The van der Waals surface area contributed by atoms with Crippen molar-refractivity contribution in [3.8, 4) is 11.3 Å². The maximum Gasteiger partial charge on any atom is 0.416 e. The van der Waals surface area contributed by atoms with Crippen LogP contribution in [0.4, 0.5) is 13.2 Å². The van der Waals surface area contributed by atoms with Crippen molar-refractivity contribution in [1.82, 2.24) is 14.9 Å². The highest BCUT2D eigenvalue weighted by Gasteiger charge is 2.30. The Balaban J connectivity index is 1.99. The van der Waals surface area contributed by atoms with Gasteiger partial charge in [-0.3, -0.25) is 4.79 Å². The molecule has 5 nitrogen and oxygen atoms in total. The predicted molar refractivity (Wildman–Crippen MR) is 84.0 cm³/mol. The SMILES string of the molecule is Cc1noc(C)c1-c1ccc(=O)n(Cc2cccc(C(F)(F)F)c2)n1. The summed E-state index contributed by atoms with van der Waals surface area (Å²) < 4.78 is 44.7. The zero-order valence-corrected chi connectivity index (χ0v) is 13.5. The third-order valence-electron chi connectivity index (χ3n) is 3.74. The lowest BCUT2D eigenvalue weighted by Crippen LogP contribution is -2.23. The summed E-state index contributed by atoms with van der Waals surface area (Å²) in [5, 5.41) is 8.09. The summed E-state index contributed by atoms with van der Waals surface area (Å²) in [5.74, 6) is 0.550. The number of rotatable bonds is 3. The van der Waals surface area contributed by atoms with E-state index < -0.39 is 17.3 Å². The third kappa shape index (κ3) is 3.47. The Labute approximate surface area is 140 Å². The van der Waals surface area contributed by atoms with Crippen LogP contribution in [0, 0.1) is 13.8 Å². The molecule has 130 valence electrons. The molecule has 8 heteroatoms. The van der Waals surface area contributed by atoms with E-state index in [-0.39, 0.29) is 6.54 Å². The molecule has 0 radical (unpaired) electrons. The molecule has 0 amide bonds. The van der Waals surface area contributed by atoms with Crippen molar-refractivity contribution in [1.29, 1.82) is 0 Å². The summed E-state index contributed by atoms with van der Waals surface area (Å²) in [7, 11) is 0. The van der Waals surface area contributed by atoms with Crippen LogP contribution >= 0.6 is 0 Å². The lowest BCUT2D eigenvalue weighted by Gasteiger charge is -2.10. The van der Waals surface area contributed by atoms with Crippen molar-refractivity contribution in [3.05, 3.63) is 69.3 Å². The molecule has 0 saturated carbocycles. The molecular formula is C17H14F3N3O2. The smallest absolute Gasteiger partial charge is 0.361 e. The fourth-order valence-corrected chi connectivity index (χ4v) is 2.56. The average molecular weight is 349 g/mol. The molecule has 0 atom stereocenters. The first-order chi connectivity index (χ1) is 11.8. The monoisotopic (exact) mass is 349 g/mol. The molecule has 1 aromatic carbocycles. The van der Waals surface area contributed by atoms with Gasteiger partial charge in [0.1, 0.15) is 5.76 Å². The van der Waals surface area contributed by atoms with Gasteiger partial charge in [0.2, 0.25) is 0 Å². The lowest BCUT2D eigenvalue weighted by molar-refractivity contribution is -0.137. The molecule has 2 heterocycles. The minimum atomic E-state index is -4.44. The topological polar surface area (TPSA) is 60.9 Å². The van der Waals surface area contributed by atoms with E-state index in [0.717, 1.165) is 16.8 Å². The number of aromatic nitrogens is 3. The van der Waals surface area contributed by atoms with E-state index in [2.05, 4.69) is 10.3 Å². The van der Waals surface area contributed by atoms with Crippen molar-refractivity contribution in [2.45, 2.75) is 26.6 Å². The molecule has 0 aliphatic carbocycles. The molecule has 0 bridgehead atoms. The van der Waals surface area contributed by atoms with Crippen LogP contribution in [0.5, 0.6) is 0 Å². The van der Waals surface area contributed by atoms with Crippen molar-refractivity contribution >= 4 is 0 Å². The Hall–Kier alpha value is -2.90. The van der Waals surface area contributed by atoms with E-state index in [0.29, 0.717) is 28.3 Å². The molecule has 2 aromatic heterocycles. The van der Waals surface area contributed by atoms with Crippen LogP contribution in [0.2, 0.25) is 0 Å². The van der Waals surface area contributed by atoms with Gasteiger partial charge in [0.25, 0.3) is 5.56 Å². The fourth-order valence-electron chi connectivity index (χ4n) is 2.56. The Kier molecular flexibility index (Phi) is 4.20. The molecule has 3 aromatic rings. The number of hydrogen-bond acceptors (Lipinski definition) is 4. The van der Waals surface area contributed by atoms with Crippen LogP contribution in [-0.2, 0) is 12.7 Å². The average Bonchev–Trinajstić information content (AvgIpc) is 2.88. The summed E-state index contributed by atoms with van der Waals surface area (Å²) >= 11 is 0. The van der Waals surface area contributed by atoms with Crippen molar-refractivity contribution < 1.29 is 17.7 Å². The van der Waals surface area contributed by atoms with Crippen LogP contribution < -0.4 is 5.56 Å². The van der Waals surface area contributed by atoms with Gasteiger partial charge in [0.05, 0.1) is 29.1 Å². The summed E-state index contributed by atoms with van der Waals surface area (Å²) in [4.78, 5) is 12.0. The van der Waals surface area contributed by atoms with Gasteiger partial charge in [0.15, 0.2) is 0 Å². The second kappa shape index (κ2) is 6.19. The Bertz CT molecular complexity index is 954. The fraction of sp³-hybridized carbons (Fsp3) is 0.235. The van der Waals surface area contributed by atoms with Gasteiger partial charge in [-0.2, -0.15) is 18.3 Å². The van der Waals surface area contributed by atoms with Crippen LogP contribution in [0.15, 0.2) is 45.7 Å². The summed E-state index contributed by atoms with van der Waals surface area (Å²) in [6, 6.07) is 7.68. The van der Waals surface area contributed by atoms with Gasteiger partial charge >= 0.3 is 6.18 Å². The normalized spacial score (nSPS) is 11.7. The summed E-state index contributed by atoms with van der Waals surface area (Å²) in [6.45, 7) is 3.40. The molecule has 0 aliphatic heterocycles. The first-order valence-corrected chi connectivity index (χ1v) is 7.43. The van der Waals surface area contributed by atoms with Gasteiger partial charge in [-0.15, -0.1) is 0 Å². The zero-order chi connectivity index (χ0) is 18.2. The van der Waals surface area contributed by atoms with Gasteiger partial charge in [-0.05, 0) is 37.6 Å². The van der Waals surface area contributed by atoms with Crippen molar-refractivity contribution in [2.75, 3.05) is 0 Å². The van der Waals surface area contributed by atoms with E-state index in [1.807, 2.05) is 0 Å². The number of halogens is 3. The van der Waals surface area contributed by atoms with Gasteiger partial charge < -0.3 is 4.52 Å². The number of aryl methyl sites for hydroxylation is 2. The maximum atomic E-state index is 12.8. The molecule has 25 heavy (non-hydrogen) atoms. The maximum absolute atomic E-state index is 12.8. The quantitative estimate of drug-likeness (QED) is 0.725. The second-order valence-corrected chi connectivity index (χ2v) is 5.61. The van der Waals surface area contributed by atoms with Gasteiger partial charge in [0, 0.05) is 6.07 Å². The van der Waals surface area contributed by atoms with Gasteiger partial charge in [-0.25, -0.2) is 4.68 Å². The highest BCUT2D eigenvalue weighted by Crippen LogP contribution is 2.29. The van der Waals surface area contributed by atoms with Crippen LogP contribution in [-0.4, -0.2) is 14.9 Å². The third-order valence-corrected chi connectivity index (χ3v) is 3.74. The van der Waals surface area contributed by atoms with Crippen LogP contribution in [0.3, 0.4) is 0 Å². The number of nitrogens with zero attached hydrogens (tertiary/aromatic N) is 3. The van der Waals surface area contributed by atoms with E-state index in [1.165, 1.54) is 24.3 Å². The highest BCUT2D eigenvalue weighted by atomic mass is 19.4. The first kappa shape index (κ1) is 16.9. The highest BCUT2D eigenvalue weighted by molar-refractivity contribution is 5.62. The lowest BCUT2D eigenvalue weighted by atomic mass is 10.1. The van der Waals surface area contributed by atoms with Gasteiger partial charge in [-0.1, -0.05) is 17.3 Å². The summed E-state index contributed by atoms with van der Waals surface area (Å²) in [5.41, 5.74) is 0.920. The molecule has 0 fully saturated rings. The van der Waals surface area contributed by atoms with E-state index >= 15 is 0 Å². The molecular weight excluding hydrogens is 335 g/mol. The Morgan fingerprint density at radius 2 is 1.92 bits per heavy atom. The second-order valence-electron chi connectivity index (χ2n) is 5.61. The number of alkyl halides is 3. The number of benzene rings is 1. The Morgan fingerprint density at radius 1 is 1.16 bits per heavy atom. The van der Waals surface area contributed by atoms with E-state index in [4.69, 9.17) is 4.52 Å². The largest absolute Gasteiger partial charge is 0.416 e. The standard InChI is InChI=1S/C17H14F3N3O2/c1-10-16(11(2)25-22-10)14-6-7-15(24)23(21-14)9-12-4-3-5-13(8-12)17(18,19)20/h3-8H,9H2,1-2H3. The predicted octanol–water partition coefficient (Wildman–Crippen LogP) is 3.58. The molecule has 0 aliphatic rings. The van der Waals surface area contributed by atoms with E-state index in [1.54, 1.807) is 13.8 Å². The van der Waals surface area contributed by atoms with Crippen molar-refractivity contribution in [2.24, 2.45) is 0 Å². The zero-order valence-electron chi connectivity index (χ0n) is 13.5. The van der Waals surface area contributed by atoms with E-state index in [9.17, 15) is 18.0 Å². The minimum absolute atomic E-state index is 0.0695. The van der Waals surface area contributed by atoms with Crippen LogP contribution in [0.1, 0.15) is 22.6 Å².